The van der Waals surface area contributed by atoms with Gasteiger partial charge in [-0.05, 0) is 81.2 Å². The summed E-state index contributed by atoms with van der Waals surface area (Å²) in [4.78, 5) is 25.1. The number of aryl methyl sites for hydroxylation is 1. The number of hydrogen-bond acceptors (Lipinski definition) is 6. The topological polar surface area (TPSA) is 103 Å². The first-order chi connectivity index (χ1) is 17.9. The fourth-order valence-corrected chi connectivity index (χ4v) is 4.66. The molecule has 3 N–H and O–H groups in total. The summed E-state index contributed by atoms with van der Waals surface area (Å²) in [6.07, 6.45) is 5.97. The van der Waals surface area contributed by atoms with E-state index in [9.17, 15) is 9.90 Å². The average molecular weight is 538 g/mol. The van der Waals surface area contributed by atoms with E-state index in [0.717, 1.165) is 60.0 Å². The lowest BCUT2D eigenvalue weighted by molar-refractivity contribution is 0.0229. The first-order valence-corrected chi connectivity index (χ1v) is 13.2. The normalized spacial score (nSPS) is 16.6. The van der Waals surface area contributed by atoms with Gasteiger partial charge in [0.15, 0.2) is 0 Å². The van der Waals surface area contributed by atoms with Crippen LogP contribution in [-0.4, -0.2) is 62.8 Å². The monoisotopic (exact) mass is 537 g/mol. The van der Waals surface area contributed by atoms with Gasteiger partial charge in [0.1, 0.15) is 17.0 Å². The van der Waals surface area contributed by atoms with E-state index in [1.807, 2.05) is 64.1 Å². The van der Waals surface area contributed by atoms with Crippen LogP contribution in [0.15, 0.2) is 42.7 Å². The Kier molecular flexibility index (Phi) is 8.25. The number of imidazole rings is 1. The lowest BCUT2D eigenvalue weighted by atomic mass is 9.85. The van der Waals surface area contributed by atoms with Crippen molar-refractivity contribution in [2.75, 3.05) is 26.2 Å². The number of nitrogens with one attached hydrogen (secondary N) is 2. The highest BCUT2D eigenvalue weighted by Gasteiger charge is 2.34. The molecule has 1 fully saturated rings. The highest BCUT2D eigenvalue weighted by Crippen LogP contribution is 2.41. The maximum atomic E-state index is 11.5. The van der Waals surface area contributed by atoms with Gasteiger partial charge in [0.05, 0.1) is 17.6 Å². The number of fused-ring (bicyclic) bond motifs is 2. The molecule has 2 aromatic heterocycles. The molecular weight excluding hydrogens is 502 g/mol. The number of rotatable bonds is 2. The van der Waals surface area contributed by atoms with Crippen molar-refractivity contribution in [1.29, 1.82) is 0 Å². The number of aromatic amines is 1. The molecule has 1 atom stereocenters. The largest absolute Gasteiger partial charge is 0.444 e. The van der Waals surface area contributed by atoms with Gasteiger partial charge in [-0.25, -0.2) is 9.78 Å². The molecule has 1 aromatic carbocycles. The number of aromatic nitrogens is 3. The Morgan fingerprint density at radius 1 is 1.13 bits per heavy atom. The number of carbonyl (C=O) groups is 1. The lowest BCUT2D eigenvalue weighted by Crippen LogP contribution is -2.48. The molecule has 0 radical (unpaired) electrons. The Bertz CT molecular complexity index is 1320. The van der Waals surface area contributed by atoms with Crippen LogP contribution in [0.5, 0.6) is 0 Å². The Balaban J connectivity index is 0.000000219. The van der Waals surface area contributed by atoms with Gasteiger partial charge in [-0.3, -0.25) is 4.98 Å². The second-order valence-corrected chi connectivity index (χ2v) is 11.2. The van der Waals surface area contributed by atoms with E-state index in [1.165, 1.54) is 0 Å². The van der Waals surface area contributed by atoms with Crippen molar-refractivity contribution in [3.63, 3.8) is 0 Å². The van der Waals surface area contributed by atoms with E-state index >= 15 is 0 Å². The SMILES string of the molecule is CC(C)(C)OC(=O)N1CCNCC1.Cc1ncc(C(C)(O)C2=Cc3cccnc3Cc3ccc(Cl)cc32)[nH]1. The van der Waals surface area contributed by atoms with Gasteiger partial charge in [0.25, 0.3) is 0 Å². The third kappa shape index (κ3) is 6.62. The number of ether oxygens (including phenoxy) is 1. The van der Waals surface area contributed by atoms with Crippen molar-refractivity contribution in [1.82, 2.24) is 25.2 Å². The zero-order valence-corrected chi connectivity index (χ0v) is 23.4. The molecule has 5 rings (SSSR count). The number of halogens is 1. The van der Waals surface area contributed by atoms with Crippen LogP contribution < -0.4 is 5.32 Å². The fraction of sp³-hybridized carbons (Fsp3) is 0.414. The molecule has 202 valence electrons. The number of nitrogens with zero attached hydrogens (tertiary/aromatic N) is 3. The van der Waals surface area contributed by atoms with E-state index in [4.69, 9.17) is 16.3 Å². The van der Waals surface area contributed by atoms with Gasteiger partial charge < -0.3 is 25.0 Å². The molecule has 2 aliphatic rings. The minimum absolute atomic E-state index is 0.200. The van der Waals surface area contributed by atoms with Gasteiger partial charge in [-0.15, -0.1) is 0 Å². The van der Waals surface area contributed by atoms with Crippen LogP contribution in [0.4, 0.5) is 4.79 Å². The minimum atomic E-state index is -1.24. The van der Waals surface area contributed by atoms with Crippen molar-refractivity contribution in [2.45, 2.75) is 52.2 Å². The highest BCUT2D eigenvalue weighted by atomic mass is 35.5. The summed E-state index contributed by atoms with van der Waals surface area (Å²) in [7, 11) is 0. The molecule has 0 bridgehead atoms. The van der Waals surface area contributed by atoms with E-state index in [0.29, 0.717) is 17.1 Å². The zero-order chi connectivity index (χ0) is 27.5. The number of H-pyrrole nitrogens is 1. The van der Waals surface area contributed by atoms with Crippen molar-refractivity contribution in [2.24, 2.45) is 0 Å². The smallest absolute Gasteiger partial charge is 0.410 e. The summed E-state index contributed by atoms with van der Waals surface area (Å²) >= 11 is 6.26. The molecule has 1 aliphatic heterocycles. The van der Waals surface area contributed by atoms with Gasteiger partial charge >= 0.3 is 6.09 Å². The van der Waals surface area contributed by atoms with Crippen LogP contribution >= 0.6 is 11.6 Å². The predicted molar refractivity (Wildman–Crippen MR) is 150 cm³/mol. The number of hydrogen-bond donors (Lipinski definition) is 3. The third-order valence-electron chi connectivity index (χ3n) is 6.47. The molecule has 38 heavy (non-hydrogen) atoms. The van der Waals surface area contributed by atoms with Crippen LogP contribution in [0.1, 0.15) is 61.6 Å². The highest BCUT2D eigenvalue weighted by molar-refractivity contribution is 6.30. The number of pyridine rings is 1. The van der Waals surface area contributed by atoms with E-state index in [-0.39, 0.29) is 11.7 Å². The summed E-state index contributed by atoms with van der Waals surface area (Å²) < 4.78 is 5.24. The Morgan fingerprint density at radius 3 is 2.53 bits per heavy atom. The Morgan fingerprint density at radius 2 is 1.87 bits per heavy atom. The second kappa shape index (κ2) is 11.3. The number of aliphatic hydroxyl groups is 1. The lowest BCUT2D eigenvalue weighted by Gasteiger charge is -2.30. The van der Waals surface area contributed by atoms with Gasteiger partial charge in [-0.1, -0.05) is 23.7 Å². The van der Waals surface area contributed by atoms with Crippen LogP contribution in [0, 0.1) is 6.92 Å². The first kappa shape index (κ1) is 27.8. The van der Waals surface area contributed by atoms with E-state index in [2.05, 4.69) is 20.3 Å². The fourth-order valence-electron chi connectivity index (χ4n) is 4.49. The molecule has 3 heterocycles. The minimum Gasteiger partial charge on any atom is -0.444 e. The van der Waals surface area contributed by atoms with E-state index < -0.39 is 5.60 Å². The molecular formula is C29H36ClN5O3. The second-order valence-electron chi connectivity index (χ2n) is 10.7. The Hall–Kier alpha value is -3.20. The standard InChI is InChI=1S/C20H18ClN3O.C9H18N2O2/c1-12-23-11-19(24-12)20(2,25)17-8-14-4-3-7-22-18(14)9-13-5-6-15(21)10-16(13)17;1-9(2,3)13-8(12)11-6-4-10-5-7-11/h3-8,10-11,25H,9H2,1-2H3,(H,23,24);10H,4-7H2,1-3H3. The molecule has 1 unspecified atom stereocenters. The maximum Gasteiger partial charge on any atom is 0.410 e. The van der Waals surface area contributed by atoms with Crippen molar-refractivity contribution >= 4 is 29.3 Å². The zero-order valence-electron chi connectivity index (χ0n) is 22.6. The van der Waals surface area contributed by atoms with Gasteiger partial charge in [0.2, 0.25) is 0 Å². The number of amides is 1. The molecule has 0 saturated carbocycles. The molecule has 8 nitrogen and oxygen atoms in total. The third-order valence-corrected chi connectivity index (χ3v) is 6.70. The van der Waals surface area contributed by atoms with E-state index in [1.54, 1.807) is 24.2 Å². The summed E-state index contributed by atoms with van der Waals surface area (Å²) in [6.45, 7) is 12.5. The van der Waals surface area contributed by atoms with Crippen LogP contribution in [0.25, 0.3) is 11.6 Å². The van der Waals surface area contributed by atoms with Crippen molar-refractivity contribution in [3.8, 4) is 0 Å². The summed E-state index contributed by atoms with van der Waals surface area (Å²) in [6, 6.07) is 9.71. The molecule has 1 saturated heterocycles. The molecule has 9 heteroatoms. The number of carbonyl (C=O) groups excluding carboxylic acids is 1. The van der Waals surface area contributed by atoms with Crippen LogP contribution in [0.3, 0.4) is 0 Å². The maximum absolute atomic E-state index is 11.5. The number of benzene rings is 1. The molecule has 1 aliphatic carbocycles. The number of piperazine rings is 1. The van der Waals surface area contributed by atoms with Crippen LogP contribution in [0.2, 0.25) is 5.02 Å². The van der Waals surface area contributed by atoms with Gasteiger partial charge in [0, 0.05) is 43.8 Å². The quantitative estimate of drug-likeness (QED) is 0.427. The predicted octanol–water partition coefficient (Wildman–Crippen LogP) is 4.95. The first-order valence-electron chi connectivity index (χ1n) is 12.8. The summed E-state index contributed by atoms with van der Waals surface area (Å²) in [5, 5.41) is 15.2. The summed E-state index contributed by atoms with van der Waals surface area (Å²) in [5.74, 6) is 0.762. The molecule has 0 spiro atoms. The van der Waals surface area contributed by atoms with Crippen molar-refractivity contribution in [3.05, 3.63) is 81.7 Å². The molecule has 1 amide bonds. The Labute approximate surface area is 229 Å². The molecule has 3 aromatic rings. The average Bonchev–Trinajstić information content (AvgIpc) is 3.24. The van der Waals surface area contributed by atoms with Gasteiger partial charge in [-0.2, -0.15) is 0 Å². The van der Waals surface area contributed by atoms with Crippen molar-refractivity contribution < 1.29 is 14.6 Å². The summed E-state index contributed by atoms with van der Waals surface area (Å²) in [5.41, 5.74) is 3.81. The van der Waals surface area contributed by atoms with Crippen LogP contribution in [-0.2, 0) is 16.8 Å².